The van der Waals surface area contributed by atoms with Gasteiger partial charge < -0.3 is 9.88 Å². The number of carbonyl (C=O) groups excluding carboxylic acids is 1. The van der Waals surface area contributed by atoms with E-state index in [1.807, 2.05) is 18.5 Å². The van der Waals surface area contributed by atoms with Crippen LogP contribution in [-0.2, 0) is 4.79 Å². The van der Waals surface area contributed by atoms with Crippen LogP contribution in [0.1, 0.15) is 60.8 Å². The fraction of sp³-hybridized carbons (Fsp3) is 0.500. The Morgan fingerprint density at radius 2 is 1.86 bits per heavy atom. The molecule has 6 rings (SSSR count). The minimum atomic E-state index is 0.209. The highest BCUT2D eigenvalue weighted by Gasteiger charge is 2.41. The SMILES string of the molecule is Cc1c(-c2[nH]c3ccc(C4CC5CN(CC(=O)N(C)C)CC5C4)cc3c2C(C)C)cn2cnnc2c1C. The average Bonchev–Trinajstić information content (AvgIpc) is 3.61. The number of aryl methyl sites for hydroxylation is 1. The number of likely N-dealkylation sites (N-methyl/N-ethyl adjacent to an activating group) is 1. The lowest BCUT2D eigenvalue weighted by Gasteiger charge is -2.20. The van der Waals surface area contributed by atoms with E-state index in [1.165, 1.54) is 57.3 Å². The number of hydrogen-bond acceptors (Lipinski definition) is 4. The quantitative estimate of drug-likeness (QED) is 0.414. The molecule has 2 atom stereocenters. The van der Waals surface area contributed by atoms with Crippen molar-refractivity contribution < 1.29 is 4.79 Å². The summed E-state index contributed by atoms with van der Waals surface area (Å²) in [7, 11) is 3.69. The van der Waals surface area contributed by atoms with Crippen molar-refractivity contribution >= 4 is 22.5 Å². The Hall–Kier alpha value is -3.19. The summed E-state index contributed by atoms with van der Waals surface area (Å²) < 4.78 is 2.03. The van der Waals surface area contributed by atoms with Gasteiger partial charge in [0.25, 0.3) is 0 Å². The van der Waals surface area contributed by atoms with E-state index in [0.29, 0.717) is 30.2 Å². The molecule has 2 aliphatic rings. The second-order valence-corrected chi connectivity index (χ2v) is 11.9. The third-order valence-electron chi connectivity index (χ3n) is 9.01. The number of hydrogen-bond donors (Lipinski definition) is 1. The highest BCUT2D eigenvalue weighted by atomic mass is 16.2. The van der Waals surface area contributed by atoms with Crippen molar-refractivity contribution in [3.8, 4) is 11.3 Å². The van der Waals surface area contributed by atoms with Crippen LogP contribution in [0.3, 0.4) is 0 Å². The molecule has 1 N–H and O–H groups in total. The van der Waals surface area contributed by atoms with E-state index >= 15 is 0 Å². The normalized spacial score (nSPS) is 22.0. The number of benzene rings is 1. The molecule has 1 saturated heterocycles. The summed E-state index contributed by atoms with van der Waals surface area (Å²) >= 11 is 0. The maximum atomic E-state index is 12.2. The summed E-state index contributed by atoms with van der Waals surface area (Å²) in [5.74, 6) is 2.59. The summed E-state index contributed by atoms with van der Waals surface area (Å²) in [6, 6.07) is 7.09. The van der Waals surface area contributed by atoms with Gasteiger partial charge in [-0.1, -0.05) is 19.9 Å². The molecule has 7 heteroatoms. The average molecular weight is 499 g/mol. The maximum absolute atomic E-state index is 12.2. The van der Waals surface area contributed by atoms with Gasteiger partial charge in [-0.15, -0.1) is 10.2 Å². The number of amides is 1. The summed E-state index contributed by atoms with van der Waals surface area (Å²) in [4.78, 5) is 20.0. The Morgan fingerprint density at radius 3 is 2.54 bits per heavy atom. The van der Waals surface area contributed by atoms with Crippen LogP contribution >= 0.6 is 0 Å². The van der Waals surface area contributed by atoms with E-state index in [1.54, 1.807) is 11.2 Å². The number of nitrogens with one attached hydrogen (secondary N) is 1. The van der Waals surface area contributed by atoms with Crippen molar-refractivity contribution in [2.45, 2.75) is 52.4 Å². The number of rotatable bonds is 5. The number of likely N-dealkylation sites (tertiary alicyclic amines) is 1. The molecular formula is C30H38N6O. The number of fused-ring (bicyclic) bond motifs is 3. The second-order valence-electron chi connectivity index (χ2n) is 11.9. The van der Waals surface area contributed by atoms with Gasteiger partial charge in [0.15, 0.2) is 5.65 Å². The Balaban J connectivity index is 1.31. The zero-order valence-electron chi connectivity index (χ0n) is 22.9. The Kier molecular flexibility index (Phi) is 5.86. The van der Waals surface area contributed by atoms with Crippen LogP contribution in [-0.4, -0.2) is 69.0 Å². The van der Waals surface area contributed by atoms with Crippen LogP contribution in [0.4, 0.5) is 0 Å². The van der Waals surface area contributed by atoms with Gasteiger partial charge in [-0.2, -0.15) is 0 Å². The molecule has 37 heavy (non-hydrogen) atoms. The van der Waals surface area contributed by atoms with E-state index in [4.69, 9.17) is 0 Å². The topological polar surface area (TPSA) is 69.5 Å². The predicted octanol–water partition coefficient (Wildman–Crippen LogP) is 5.13. The lowest BCUT2D eigenvalue weighted by molar-refractivity contribution is -0.129. The lowest BCUT2D eigenvalue weighted by atomic mass is 9.90. The first kappa shape index (κ1) is 24.2. The molecule has 1 aromatic carbocycles. The highest BCUT2D eigenvalue weighted by molar-refractivity contribution is 5.92. The number of pyridine rings is 1. The molecule has 7 nitrogen and oxygen atoms in total. The first-order valence-corrected chi connectivity index (χ1v) is 13.6. The number of H-pyrrole nitrogens is 1. The molecule has 0 spiro atoms. The molecule has 2 unspecified atom stereocenters. The van der Waals surface area contributed by atoms with Gasteiger partial charge in [0.2, 0.25) is 5.91 Å². The third kappa shape index (κ3) is 4.04. The minimum Gasteiger partial charge on any atom is -0.354 e. The monoisotopic (exact) mass is 498 g/mol. The summed E-state index contributed by atoms with van der Waals surface area (Å²) in [5, 5.41) is 9.77. The lowest BCUT2D eigenvalue weighted by Crippen LogP contribution is -2.35. The van der Waals surface area contributed by atoms with Crippen LogP contribution in [0.2, 0.25) is 0 Å². The Morgan fingerprint density at radius 1 is 1.14 bits per heavy atom. The Bertz CT molecular complexity index is 1480. The fourth-order valence-electron chi connectivity index (χ4n) is 6.89. The molecule has 1 amide bonds. The fourth-order valence-corrected chi connectivity index (χ4v) is 6.89. The highest BCUT2D eigenvalue weighted by Crippen LogP contribution is 2.47. The molecular weight excluding hydrogens is 460 g/mol. The number of nitrogens with zero attached hydrogens (tertiary/aromatic N) is 5. The largest absolute Gasteiger partial charge is 0.354 e. The predicted molar refractivity (Wildman–Crippen MR) is 148 cm³/mol. The van der Waals surface area contributed by atoms with Gasteiger partial charge in [0.1, 0.15) is 6.33 Å². The van der Waals surface area contributed by atoms with E-state index in [-0.39, 0.29) is 5.91 Å². The first-order valence-electron chi connectivity index (χ1n) is 13.6. The van der Waals surface area contributed by atoms with Crippen LogP contribution in [0.5, 0.6) is 0 Å². The standard InChI is InChI=1S/C30H38N6O/c1-17(2)28-24-11-20(21-9-22-12-35(13-23(22)10-21)15-27(37)34(5)6)7-8-26(24)32-29(28)25-14-36-16-31-33-30(36)19(4)18(25)3/h7-8,11,14,16-17,21-23,32H,9-10,12-13,15H2,1-6H3. The molecule has 1 aliphatic heterocycles. The van der Waals surface area contributed by atoms with Crippen molar-refractivity contribution in [3.63, 3.8) is 0 Å². The van der Waals surface area contributed by atoms with E-state index in [9.17, 15) is 4.79 Å². The zero-order valence-corrected chi connectivity index (χ0v) is 22.9. The summed E-state index contributed by atoms with van der Waals surface area (Å²) in [6.07, 6.45) is 6.40. The van der Waals surface area contributed by atoms with E-state index in [2.05, 4.69) is 72.2 Å². The van der Waals surface area contributed by atoms with Crippen LogP contribution in [0, 0.1) is 25.7 Å². The summed E-state index contributed by atoms with van der Waals surface area (Å²) in [6.45, 7) is 11.6. The van der Waals surface area contributed by atoms with Gasteiger partial charge in [-0.3, -0.25) is 14.1 Å². The molecule has 1 saturated carbocycles. The molecule has 4 heterocycles. The van der Waals surface area contributed by atoms with Crippen LogP contribution in [0.15, 0.2) is 30.7 Å². The van der Waals surface area contributed by atoms with E-state index in [0.717, 1.165) is 18.7 Å². The number of aromatic nitrogens is 4. The van der Waals surface area contributed by atoms with Gasteiger partial charge >= 0.3 is 0 Å². The molecule has 4 aromatic rings. The molecule has 3 aromatic heterocycles. The van der Waals surface area contributed by atoms with Crippen LogP contribution < -0.4 is 0 Å². The van der Waals surface area contributed by atoms with Crippen LogP contribution in [0.25, 0.3) is 27.8 Å². The van der Waals surface area contributed by atoms with Crippen molar-refractivity contribution in [1.82, 2.24) is 29.4 Å². The Labute approximate surface area is 218 Å². The molecule has 194 valence electrons. The molecule has 1 aliphatic carbocycles. The van der Waals surface area contributed by atoms with Crippen molar-refractivity contribution in [3.05, 3.63) is 53.0 Å². The van der Waals surface area contributed by atoms with Gasteiger partial charge in [-0.25, -0.2) is 0 Å². The molecule has 2 fully saturated rings. The van der Waals surface area contributed by atoms with Gasteiger partial charge in [-0.05, 0) is 84.7 Å². The van der Waals surface area contributed by atoms with Crippen molar-refractivity contribution in [2.24, 2.45) is 11.8 Å². The third-order valence-corrected chi connectivity index (χ3v) is 9.01. The first-order chi connectivity index (χ1) is 17.7. The zero-order chi connectivity index (χ0) is 26.0. The maximum Gasteiger partial charge on any atom is 0.236 e. The van der Waals surface area contributed by atoms with Gasteiger partial charge in [0.05, 0.1) is 12.2 Å². The van der Waals surface area contributed by atoms with Crippen molar-refractivity contribution in [1.29, 1.82) is 0 Å². The summed E-state index contributed by atoms with van der Waals surface area (Å²) in [5.41, 5.74) is 9.82. The number of carbonyl (C=O) groups is 1. The second kappa shape index (κ2) is 8.98. The molecule has 0 radical (unpaired) electrons. The van der Waals surface area contributed by atoms with Crippen molar-refractivity contribution in [2.75, 3.05) is 33.7 Å². The van der Waals surface area contributed by atoms with E-state index < -0.39 is 0 Å². The molecule has 0 bridgehead atoms. The van der Waals surface area contributed by atoms with Gasteiger partial charge in [0, 0.05) is 49.8 Å². The smallest absolute Gasteiger partial charge is 0.236 e. The minimum absolute atomic E-state index is 0.209. The number of aromatic amines is 1.